The smallest absolute Gasteiger partial charge is 0.314 e. The van der Waals surface area contributed by atoms with E-state index in [4.69, 9.17) is 14.6 Å². The number of unbranched alkanes of at least 4 members (excludes halogenated alkanes) is 5. The lowest BCUT2D eigenvalue weighted by molar-refractivity contribution is -0.176. The molecule has 0 saturated carbocycles. The highest BCUT2D eigenvalue weighted by Gasteiger charge is 2.42. The van der Waals surface area contributed by atoms with Gasteiger partial charge in [0.25, 0.3) is 0 Å². The summed E-state index contributed by atoms with van der Waals surface area (Å²) in [5.74, 6) is -0.0834. The lowest BCUT2D eigenvalue weighted by atomic mass is 9.77. The molecule has 4 nitrogen and oxygen atoms in total. The van der Waals surface area contributed by atoms with Crippen LogP contribution in [0.15, 0.2) is 0 Å². The second-order valence-electron chi connectivity index (χ2n) is 7.53. The number of carbonyl (C=O) groups is 1. The third kappa shape index (κ3) is 7.10. The molecule has 4 heteroatoms. The minimum Gasteiger partial charge on any atom is -0.459 e. The number of aliphatic hydroxyl groups excluding tert-OH is 1. The van der Waals surface area contributed by atoms with Gasteiger partial charge in [-0.15, -0.1) is 0 Å². The van der Waals surface area contributed by atoms with Crippen molar-refractivity contribution in [2.75, 3.05) is 19.8 Å². The molecule has 0 amide bonds. The summed E-state index contributed by atoms with van der Waals surface area (Å²) in [5, 5.41) is 8.76. The molecule has 0 bridgehead atoms. The first-order chi connectivity index (χ1) is 10.4. The molecule has 0 aromatic rings. The molecule has 1 saturated heterocycles. The predicted octanol–water partition coefficient (Wildman–Crippen LogP) is 3.85. The summed E-state index contributed by atoms with van der Waals surface area (Å²) < 4.78 is 11.2. The Bertz CT molecular complexity index is 314. The Kier molecular flexibility index (Phi) is 8.40. The van der Waals surface area contributed by atoms with E-state index in [1.807, 2.05) is 20.8 Å². The van der Waals surface area contributed by atoms with Crippen LogP contribution in [0.2, 0.25) is 0 Å². The van der Waals surface area contributed by atoms with Gasteiger partial charge in [0.05, 0.1) is 12.0 Å². The van der Waals surface area contributed by atoms with E-state index >= 15 is 0 Å². The number of esters is 1. The van der Waals surface area contributed by atoms with Gasteiger partial charge in [0.1, 0.15) is 5.60 Å². The molecule has 1 aliphatic rings. The molecule has 1 unspecified atom stereocenters. The van der Waals surface area contributed by atoms with Crippen molar-refractivity contribution >= 4 is 5.97 Å². The first-order valence-corrected chi connectivity index (χ1v) is 8.82. The number of carbonyl (C=O) groups excluding carboxylic acids is 1. The van der Waals surface area contributed by atoms with E-state index in [1.54, 1.807) is 0 Å². The quantitative estimate of drug-likeness (QED) is 0.519. The van der Waals surface area contributed by atoms with Crippen LogP contribution in [0.3, 0.4) is 0 Å². The fraction of sp³-hybridized carbons (Fsp3) is 0.944. The van der Waals surface area contributed by atoms with Crippen LogP contribution in [0.5, 0.6) is 0 Å². The van der Waals surface area contributed by atoms with E-state index in [9.17, 15) is 4.79 Å². The fourth-order valence-electron chi connectivity index (χ4n) is 2.98. The van der Waals surface area contributed by atoms with Crippen molar-refractivity contribution in [3.8, 4) is 0 Å². The molecule has 1 atom stereocenters. The zero-order valence-corrected chi connectivity index (χ0v) is 14.7. The van der Waals surface area contributed by atoms with Gasteiger partial charge in [0, 0.05) is 13.2 Å². The Morgan fingerprint density at radius 3 is 2.32 bits per heavy atom. The van der Waals surface area contributed by atoms with Crippen LogP contribution < -0.4 is 0 Å². The Hall–Kier alpha value is -0.610. The molecule has 1 rings (SSSR count). The third-order valence-corrected chi connectivity index (χ3v) is 4.22. The number of hydrogen-bond donors (Lipinski definition) is 1. The van der Waals surface area contributed by atoms with Crippen LogP contribution in [0.4, 0.5) is 0 Å². The monoisotopic (exact) mass is 314 g/mol. The van der Waals surface area contributed by atoms with Gasteiger partial charge in [0.15, 0.2) is 0 Å². The molecule has 0 aliphatic carbocycles. The lowest BCUT2D eigenvalue weighted by Gasteiger charge is -2.37. The largest absolute Gasteiger partial charge is 0.459 e. The van der Waals surface area contributed by atoms with Gasteiger partial charge in [-0.2, -0.15) is 0 Å². The second-order valence-corrected chi connectivity index (χ2v) is 7.53. The summed E-state index contributed by atoms with van der Waals surface area (Å²) in [6.07, 6.45) is 9.19. The Labute approximate surface area is 135 Å². The Morgan fingerprint density at radius 1 is 1.14 bits per heavy atom. The van der Waals surface area contributed by atoms with Crippen molar-refractivity contribution in [2.45, 2.75) is 84.2 Å². The summed E-state index contributed by atoms with van der Waals surface area (Å²) in [6, 6.07) is 0. The maximum Gasteiger partial charge on any atom is 0.314 e. The van der Waals surface area contributed by atoms with Gasteiger partial charge >= 0.3 is 5.97 Å². The highest BCUT2D eigenvalue weighted by Crippen LogP contribution is 2.37. The Morgan fingerprint density at radius 2 is 1.77 bits per heavy atom. The molecule has 1 N–H and O–H groups in total. The van der Waals surface area contributed by atoms with Gasteiger partial charge in [0.2, 0.25) is 0 Å². The lowest BCUT2D eigenvalue weighted by Crippen LogP contribution is -2.43. The summed E-state index contributed by atoms with van der Waals surface area (Å²) in [4.78, 5) is 12.6. The predicted molar refractivity (Wildman–Crippen MR) is 87.7 cm³/mol. The van der Waals surface area contributed by atoms with E-state index in [1.165, 1.54) is 6.42 Å². The maximum absolute atomic E-state index is 12.6. The fourth-order valence-corrected chi connectivity index (χ4v) is 2.98. The maximum atomic E-state index is 12.6. The van der Waals surface area contributed by atoms with Crippen LogP contribution >= 0.6 is 0 Å². The summed E-state index contributed by atoms with van der Waals surface area (Å²) in [5.41, 5.74) is -0.873. The molecule has 0 radical (unpaired) electrons. The van der Waals surface area contributed by atoms with Crippen molar-refractivity contribution < 1.29 is 19.4 Å². The van der Waals surface area contributed by atoms with Crippen LogP contribution in [0.1, 0.15) is 78.6 Å². The van der Waals surface area contributed by atoms with Crippen molar-refractivity contribution in [2.24, 2.45) is 5.41 Å². The van der Waals surface area contributed by atoms with E-state index < -0.39 is 11.0 Å². The number of aliphatic hydroxyl groups is 1. The highest BCUT2D eigenvalue weighted by molar-refractivity contribution is 5.77. The van der Waals surface area contributed by atoms with E-state index in [0.717, 1.165) is 58.0 Å². The minimum atomic E-state index is -0.439. The van der Waals surface area contributed by atoms with Crippen LogP contribution in [-0.2, 0) is 14.3 Å². The van der Waals surface area contributed by atoms with Crippen LogP contribution in [0, 0.1) is 5.41 Å². The van der Waals surface area contributed by atoms with Crippen molar-refractivity contribution in [1.82, 2.24) is 0 Å². The first kappa shape index (κ1) is 19.4. The SMILES string of the molecule is CC(C)(C)OC(=O)C1(CCCCCCCCO)CCCOC1. The summed E-state index contributed by atoms with van der Waals surface area (Å²) >= 11 is 0. The zero-order valence-electron chi connectivity index (χ0n) is 14.7. The minimum absolute atomic E-state index is 0.0834. The standard InChI is InChI=1S/C18H34O4/c1-17(2,3)22-16(20)18(12-10-14-21-15-18)11-8-6-4-5-7-9-13-19/h19H,4-15H2,1-3H3. The molecule has 22 heavy (non-hydrogen) atoms. The number of hydrogen-bond acceptors (Lipinski definition) is 4. The van der Waals surface area contributed by atoms with Crippen LogP contribution in [-0.4, -0.2) is 36.5 Å². The average Bonchev–Trinajstić information content (AvgIpc) is 2.45. The van der Waals surface area contributed by atoms with Gasteiger partial charge in [-0.25, -0.2) is 0 Å². The zero-order chi connectivity index (χ0) is 16.5. The summed E-state index contributed by atoms with van der Waals surface area (Å²) in [7, 11) is 0. The van der Waals surface area contributed by atoms with Crippen molar-refractivity contribution in [1.29, 1.82) is 0 Å². The van der Waals surface area contributed by atoms with Gasteiger partial charge in [-0.05, 0) is 46.5 Å². The van der Waals surface area contributed by atoms with Gasteiger partial charge in [-0.3, -0.25) is 4.79 Å². The van der Waals surface area contributed by atoms with E-state index in [-0.39, 0.29) is 5.97 Å². The van der Waals surface area contributed by atoms with Gasteiger partial charge < -0.3 is 14.6 Å². The van der Waals surface area contributed by atoms with Crippen molar-refractivity contribution in [3.05, 3.63) is 0 Å². The highest BCUT2D eigenvalue weighted by atomic mass is 16.6. The molecule has 1 aliphatic heterocycles. The topological polar surface area (TPSA) is 55.8 Å². The summed E-state index contributed by atoms with van der Waals surface area (Å²) in [6.45, 7) is 7.31. The number of rotatable bonds is 9. The molecular weight excluding hydrogens is 280 g/mol. The molecule has 0 aromatic carbocycles. The second kappa shape index (κ2) is 9.51. The number of ether oxygens (including phenoxy) is 2. The molecule has 1 fully saturated rings. The molecule has 0 spiro atoms. The normalized spacial score (nSPS) is 22.5. The van der Waals surface area contributed by atoms with Gasteiger partial charge in [-0.1, -0.05) is 32.1 Å². The Balaban J connectivity index is 2.41. The van der Waals surface area contributed by atoms with Crippen LogP contribution in [0.25, 0.3) is 0 Å². The average molecular weight is 314 g/mol. The van der Waals surface area contributed by atoms with E-state index in [2.05, 4.69) is 0 Å². The van der Waals surface area contributed by atoms with Crippen molar-refractivity contribution in [3.63, 3.8) is 0 Å². The first-order valence-electron chi connectivity index (χ1n) is 8.82. The molecule has 1 heterocycles. The third-order valence-electron chi connectivity index (χ3n) is 4.22. The molecule has 0 aromatic heterocycles. The molecule has 130 valence electrons. The molecular formula is C18H34O4. The van der Waals surface area contributed by atoms with E-state index in [0.29, 0.717) is 13.2 Å².